The number of hydrogen-bond donors (Lipinski definition) is 2. The Labute approximate surface area is 167 Å². The van der Waals surface area contributed by atoms with Crippen molar-refractivity contribution < 1.29 is 18.3 Å². The molecule has 0 unspecified atom stereocenters. The van der Waals surface area contributed by atoms with Gasteiger partial charge in [0.1, 0.15) is 40.4 Å². The van der Waals surface area contributed by atoms with Gasteiger partial charge in [0, 0.05) is 11.8 Å². The Morgan fingerprint density at radius 1 is 1.03 bits per heavy atom. The van der Waals surface area contributed by atoms with Crippen molar-refractivity contribution >= 4 is 23.1 Å². The van der Waals surface area contributed by atoms with Gasteiger partial charge in [0.05, 0.1) is 6.10 Å². The molecular formula is C21H20F2N4O2. The Hall–Kier alpha value is -3.55. The van der Waals surface area contributed by atoms with E-state index in [4.69, 9.17) is 4.74 Å². The molecule has 0 saturated carbocycles. The molecule has 0 bridgehead atoms. The van der Waals surface area contributed by atoms with Crippen LogP contribution in [0.1, 0.15) is 30.2 Å². The number of anilines is 3. The zero-order chi connectivity index (χ0) is 21.0. The van der Waals surface area contributed by atoms with E-state index in [0.29, 0.717) is 11.4 Å². The Kier molecular flexibility index (Phi) is 6.01. The molecule has 150 valence electrons. The third kappa shape index (κ3) is 5.25. The molecule has 2 aromatic carbocycles. The summed E-state index contributed by atoms with van der Waals surface area (Å²) in [7, 11) is 0. The third-order valence-electron chi connectivity index (χ3n) is 3.77. The first-order valence-electron chi connectivity index (χ1n) is 8.96. The number of carbonyl (C=O) groups excluding carboxylic acids is 1. The van der Waals surface area contributed by atoms with Gasteiger partial charge in [-0.05, 0) is 57.2 Å². The quantitative estimate of drug-likeness (QED) is 0.621. The number of nitrogens with zero attached hydrogens (tertiary/aromatic N) is 2. The fraction of sp³-hybridized carbons (Fsp3) is 0.190. The highest BCUT2D eigenvalue weighted by Gasteiger charge is 2.14. The van der Waals surface area contributed by atoms with Crippen molar-refractivity contribution in [3.63, 3.8) is 0 Å². The minimum atomic E-state index is -0.768. The number of aryl methyl sites for hydroxylation is 1. The summed E-state index contributed by atoms with van der Waals surface area (Å²) in [6.45, 7) is 5.43. The van der Waals surface area contributed by atoms with Crippen LogP contribution < -0.4 is 15.4 Å². The maximum absolute atomic E-state index is 13.9. The highest BCUT2D eigenvalue weighted by Crippen LogP contribution is 2.23. The van der Waals surface area contributed by atoms with Crippen LogP contribution in [-0.4, -0.2) is 22.0 Å². The summed E-state index contributed by atoms with van der Waals surface area (Å²) < 4.78 is 33.3. The third-order valence-corrected chi connectivity index (χ3v) is 3.77. The molecule has 0 aliphatic heterocycles. The monoisotopic (exact) mass is 398 g/mol. The molecule has 0 fully saturated rings. The van der Waals surface area contributed by atoms with Gasteiger partial charge < -0.3 is 15.4 Å². The lowest BCUT2D eigenvalue weighted by molar-refractivity contribution is 0.102. The van der Waals surface area contributed by atoms with Crippen molar-refractivity contribution in [2.24, 2.45) is 0 Å². The lowest BCUT2D eigenvalue weighted by Gasteiger charge is -2.12. The maximum atomic E-state index is 13.9. The smallest absolute Gasteiger partial charge is 0.274 e. The SMILES string of the molecule is Cc1nc(Nc2c(F)cccc2F)cc(C(=O)Nc2ccc(OC(C)C)cc2)n1. The van der Waals surface area contributed by atoms with Gasteiger partial charge in [-0.3, -0.25) is 4.79 Å². The van der Waals surface area contributed by atoms with Crippen LogP contribution in [0.3, 0.4) is 0 Å². The van der Waals surface area contributed by atoms with E-state index in [-0.39, 0.29) is 29.1 Å². The molecule has 2 N–H and O–H groups in total. The van der Waals surface area contributed by atoms with Gasteiger partial charge in [0.15, 0.2) is 0 Å². The number of benzene rings is 2. The fourth-order valence-corrected chi connectivity index (χ4v) is 2.58. The molecule has 3 rings (SSSR count). The van der Waals surface area contributed by atoms with Crippen LogP contribution in [-0.2, 0) is 0 Å². The summed E-state index contributed by atoms with van der Waals surface area (Å²) in [4.78, 5) is 20.7. The van der Waals surface area contributed by atoms with Crippen LogP contribution in [0, 0.1) is 18.6 Å². The van der Waals surface area contributed by atoms with Crippen LogP contribution in [0.25, 0.3) is 0 Å². The predicted octanol–water partition coefficient (Wildman–Crippen LogP) is 4.85. The van der Waals surface area contributed by atoms with Crippen molar-refractivity contribution in [1.29, 1.82) is 0 Å². The minimum Gasteiger partial charge on any atom is -0.491 e. The second-order valence-corrected chi connectivity index (χ2v) is 6.55. The number of rotatable bonds is 6. The van der Waals surface area contributed by atoms with Gasteiger partial charge in [0.25, 0.3) is 5.91 Å². The molecule has 0 spiro atoms. The van der Waals surface area contributed by atoms with Crippen LogP contribution in [0.4, 0.5) is 26.0 Å². The fourth-order valence-electron chi connectivity index (χ4n) is 2.58. The van der Waals surface area contributed by atoms with Gasteiger partial charge in [-0.15, -0.1) is 0 Å². The highest BCUT2D eigenvalue weighted by atomic mass is 19.1. The first-order chi connectivity index (χ1) is 13.8. The zero-order valence-electron chi connectivity index (χ0n) is 16.2. The first-order valence-corrected chi connectivity index (χ1v) is 8.96. The molecule has 8 heteroatoms. The van der Waals surface area contributed by atoms with Crippen molar-refractivity contribution in [3.05, 3.63) is 71.7 Å². The van der Waals surface area contributed by atoms with Gasteiger partial charge >= 0.3 is 0 Å². The van der Waals surface area contributed by atoms with E-state index < -0.39 is 17.5 Å². The zero-order valence-corrected chi connectivity index (χ0v) is 16.2. The average molecular weight is 398 g/mol. The number of halogens is 2. The molecule has 0 aliphatic carbocycles. The van der Waals surface area contributed by atoms with Crippen molar-refractivity contribution in [2.45, 2.75) is 26.9 Å². The summed E-state index contributed by atoms with van der Waals surface area (Å²) in [5.74, 6) is -0.948. The van der Waals surface area contributed by atoms with E-state index >= 15 is 0 Å². The van der Waals surface area contributed by atoms with Crippen LogP contribution in [0.2, 0.25) is 0 Å². The van der Waals surface area contributed by atoms with Crippen LogP contribution in [0.5, 0.6) is 5.75 Å². The Morgan fingerprint density at radius 3 is 2.31 bits per heavy atom. The Morgan fingerprint density at radius 2 is 1.69 bits per heavy atom. The molecule has 1 aromatic heterocycles. The Balaban J connectivity index is 1.77. The van der Waals surface area contributed by atoms with Crippen molar-refractivity contribution in [1.82, 2.24) is 9.97 Å². The number of ether oxygens (including phenoxy) is 1. The molecule has 0 saturated heterocycles. The predicted molar refractivity (Wildman–Crippen MR) is 107 cm³/mol. The Bertz CT molecular complexity index is 1000. The average Bonchev–Trinajstić information content (AvgIpc) is 2.65. The summed E-state index contributed by atoms with van der Waals surface area (Å²) in [6.07, 6.45) is 0.0460. The van der Waals surface area contributed by atoms with E-state index in [0.717, 1.165) is 12.1 Å². The second-order valence-electron chi connectivity index (χ2n) is 6.55. The van der Waals surface area contributed by atoms with E-state index in [9.17, 15) is 13.6 Å². The number of nitrogens with one attached hydrogen (secondary N) is 2. The molecule has 1 heterocycles. The summed E-state index contributed by atoms with van der Waals surface area (Å²) in [5.41, 5.74) is 0.258. The normalized spacial score (nSPS) is 10.7. The molecule has 1 amide bonds. The standard InChI is InChI=1S/C21H20F2N4O2/c1-12(2)29-15-9-7-14(8-10-15)26-21(28)18-11-19(25-13(3)24-18)27-20-16(22)5-4-6-17(20)23/h4-12H,1-3H3,(H,26,28)(H,24,25,27). The molecular weight excluding hydrogens is 378 g/mol. The van der Waals surface area contributed by atoms with E-state index in [1.165, 1.54) is 12.1 Å². The summed E-state index contributed by atoms with van der Waals surface area (Å²) in [5, 5.41) is 5.29. The van der Waals surface area contributed by atoms with Crippen molar-refractivity contribution in [2.75, 3.05) is 10.6 Å². The summed E-state index contributed by atoms with van der Waals surface area (Å²) in [6, 6.07) is 11.7. The molecule has 3 aromatic rings. The topological polar surface area (TPSA) is 76.1 Å². The summed E-state index contributed by atoms with van der Waals surface area (Å²) >= 11 is 0. The molecule has 0 atom stereocenters. The van der Waals surface area contributed by atoms with Gasteiger partial charge in [-0.25, -0.2) is 18.7 Å². The number of hydrogen-bond acceptors (Lipinski definition) is 5. The van der Waals surface area contributed by atoms with E-state index in [1.807, 2.05) is 13.8 Å². The largest absolute Gasteiger partial charge is 0.491 e. The molecule has 29 heavy (non-hydrogen) atoms. The number of para-hydroxylation sites is 1. The molecule has 0 radical (unpaired) electrons. The van der Waals surface area contributed by atoms with Gasteiger partial charge in [-0.1, -0.05) is 6.07 Å². The van der Waals surface area contributed by atoms with Gasteiger partial charge in [0.2, 0.25) is 0 Å². The lowest BCUT2D eigenvalue weighted by atomic mass is 10.2. The second kappa shape index (κ2) is 8.64. The molecule has 6 nitrogen and oxygen atoms in total. The highest BCUT2D eigenvalue weighted by molar-refractivity contribution is 6.03. The lowest BCUT2D eigenvalue weighted by Crippen LogP contribution is -2.15. The van der Waals surface area contributed by atoms with Crippen LogP contribution in [0.15, 0.2) is 48.5 Å². The number of amides is 1. The van der Waals surface area contributed by atoms with E-state index in [1.54, 1.807) is 31.2 Å². The number of carbonyl (C=O) groups is 1. The van der Waals surface area contributed by atoms with Crippen molar-refractivity contribution in [3.8, 4) is 5.75 Å². The van der Waals surface area contributed by atoms with Gasteiger partial charge in [-0.2, -0.15) is 0 Å². The maximum Gasteiger partial charge on any atom is 0.274 e. The first kappa shape index (κ1) is 20.2. The molecule has 0 aliphatic rings. The number of aromatic nitrogens is 2. The van der Waals surface area contributed by atoms with Crippen LogP contribution >= 0.6 is 0 Å². The van der Waals surface area contributed by atoms with E-state index in [2.05, 4.69) is 20.6 Å². The minimum absolute atomic E-state index is 0.0460.